The summed E-state index contributed by atoms with van der Waals surface area (Å²) in [6.45, 7) is 1.89. The van der Waals surface area contributed by atoms with Gasteiger partial charge in [0.05, 0.1) is 5.92 Å². The number of carbonyl (C=O) groups excluding carboxylic acids is 1. The standard InChI is InChI=1S/C19H18FN3O/c1-12-6-15(8-16(20)7-12)18(10-21)19(24)23-17-3-2-14-11-22-5-4-13(14)9-17/h2-9,11,18H,10,21H2,1H3,(H,23,24). The summed E-state index contributed by atoms with van der Waals surface area (Å²) >= 11 is 0. The van der Waals surface area contributed by atoms with Crippen molar-refractivity contribution in [1.29, 1.82) is 0 Å². The maximum Gasteiger partial charge on any atom is 0.233 e. The third kappa shape index (κ3) is 3.41. The lowest BCUT2D eigenvalue weighted by Crippen LogP contribution is -2.27. The number of amides is 1. The topological polar surface area (TPSA) is 68.0 Å². The number of aryl methyl sites for hydroxylation is 1. The predicted octanol–water partition coefficient (Wildman–Crippen LogP) is 3.36. The monoisotopic (exact) mass is 323 g/mol. The molecule has 0 fully saturated rings. The molecule has 0 radical (unpaired) electrons. The largest absolute Gasteiger partial charge is 0.329 e. The molecular formula is C19H18FN3O. The third-order valence-corrected chi connectivity index (χ3v) is 3.93. The van der Waals surface area contributed by atoms with Gasteiger partial charge in [-0.2, -0.15) is 0 Å². The van der Waals surface area contributed by atoms with Crippen molar-refractivity contribution < 1.29 is 9.18 Å². The zero-order valence-corrected chi connectivity index (χ0v) is 13.3. The lowest BCUT2D eigenvalue weighted by molar-refractivity contribution is -0.117. The molecule has 122 valence electrons. The minimum Gasteiger partial charge on any atom is -0.329 e. The van der Waals surface area contributed by atoms with E-state index < -0.39 is 5.92 Å². The summed E-state index contributed by atoms with van der Waals surface area (Å²) in [6.07, 6.45) is 3.46. The Morgan fingerprint density at radius 3 is 2.79 bits per heavy atom. The number of anilines is 1. The first-order chi connectivity index (χ1) is 11.6. The van der Waals surface area contributed by atoms with E-state index in [1.54, 1.807) is 25.4 Å². The number of rotatable bonds is 4. The summed E-state index contributed by atoms with van der Waals surface area (Å²) in [5.74, 6) is -1.22. The summed E-state index contributed by atoms with van der Waals surface area (Å²) in [6, 6.07) is 12.0. The molecule has 1 atom stereocenters. The molecule has 1 aromatic heterocycles. The van der Waals surface area contributed by atoms with E-state index in [4.69, 9.17) is 5.73 Å². The van der Waals surface area contributed by atoms with E-state index in [0.717, 1.165) is 16.3 Å². The second kappa shape index (κ2) is 6.76. The van der Waals surface area contributed by atoms with Gasteiger partial charge in [-0.3, -0.25) is 9.78 Å². The van der Waals surface area contributed by atoms with E-state index in [0.29, 0.717) is 11.3 Å². The van der Waals surface area contributed by atoms with Crippen LogP contribution in [0.1, 0.15) is 17.0 Å². The lowest BCUT2D eigenvalue weighted by Gasteiger charge is -2.16. The minimum absolute atomic E-state index is 0.103. The average molecular weight is 323 g/mol. The Labute approximate surface area is 139 Å². The molecule has 4 nitrogen and oxygen atoms in total. The van der Waals surface area contributed by atoms with E-state index in [1.807, 2.05) is 24.3 Å². The molecule has 0 saturated heterocycles. The van der Waals surface area contributed by atoms with Crippen LogP contribution in [0.3, 0.4) is 0 Å². The molecule has 0 bridgehead atoms. The fraction of sp³-hybridized carbons (Fsp3) is 0.158. The number of hydrogen-bond acceptors (Lipinski definition) is 3. The van der Waals surface area contributed by atoms with Crippen molar-refractivity contribution >= 4 is 22.4 Å². The second-order valence-corrected chi connectivity index (χ2v) is 5.78. The van der Waals surface area contributed by atoms with Gasteiger partial charge in [-0.25, -0.2) is 4.39 Å². The fourth-order valence-electron chi connectivity index (χ4n) is 2.75. The molecule has 1 amide bonds. The highest BCUT2D eigenvalue weighted by Crippen LogP contribution is 2.22. The van der Waals surface area contributed by atoms with Crippen LogP contribution in [0.4, 0.5) is 10.1 Å². The molecule has 0 saturated carbocycles. The number of nitrogens with one attached hydrogen (secondary N) is 1. The van der Waals surface area contributed by atoms with Crippen LogP contribution in [0.2, 0.25) is 0 Å². The first-order valence-corrected chi connectivity index (χ1v) is 7.68. The average Bonchev–Trinajstić information content (AvgIpc) is 2.54. The quantitative estimate of drug-likeness (QED) is 0.773. The summed E-state index contributed by atoms with van der Waals surface area (Å²) in [4.78, 5) is 16.6. The predicted molar refractivity (Wildman–Crippen MR) is 93.3 cm³/mol. The molecule has 3 aromatic rings. The van der Waals surface area contributed by atoms with Crippen LogP contribution in [0.15, 0.2) is 54.9 Å². The van der Waals surface area contributed by atoms with Crippen LogP contribution < -0.4 is 11.1 Å². The Hall–Kier alpha value is -2.79. The summed E-state index contributed by atoms with van der Waals surface area (Å²) in [5.41, 5.74) is 7.77. The SMILES string of the molecule is Cc1cc(F)cc(C(CN)C(=O)Nc2ccc3cnccc3c2)c1. The number of carbonyl (C=O) groups is 1. The van der Waals surface area contributed by atoms with Gasteiger partial charge >= 0.3 is 0 Å². The molecule has 2 aromatic carbocycles. The van der Waals surface area contributed by atoms with Crippen molar-refractivity contribution in [3.8, 4) is 0 Å². The molecule has 3 N–H and O–H groups in total. The maximum atomic E-state index is 13.6. The Morgan fingerprint density at radius 2 is 2.04 bits per heavy atom. The summed E-state index contributed by atoms with van der Waals surface area (Å²) in [5, 5.41) is 4.83. The first-order valence-electron chi connectivity index (χ1n) is 7.68. The van der Waals surface area contributed by atoms with Gasteiger partial charge < -0.3 is 11.1 Å². The fourth-order valence-corrected chi connectivity index (χ4v) is 2.75. The Morgan fingerprint density at radius 1 is 1.21 bits per heavy atom. The van der Waals surface area contributed by atoms with Crippen molar-refractivity contribution in [2.45, 2.75) is 12.8 Å². The van der Waals surface area contributed by atoms with Crippen molar-refractivity contribution in [2.24, 2.45) is 5.73 Å². The summed E-state index contributed by atoms with van der Waals surface area (Å²) < 4.78 is 13.6. The van der Waals surface area contributed by atoms with E-state index >= 15 is 0 Å². The molecule has 5 heteroatoms. The number of hydrogen-bond donors (Lipinski definition) is 2. The van der Waals surface area contributed by atoms with Gasteiger partial charge in [-0.1, -0.05) is 12.1 Å². The first kappa shape index (κ1) is 16.1. The zero-order chi connectivity index (χ0) is 17.1. The molecular weight excluding hydrogens is 305 g/mol. The second-order valence-electron chi connectivity index (χ2n) is 5.78. The third-order valence-electron chi connectivity index (χ3n) is 3.93. The summed E-state index contributed by atoms with van der Waals surface area (Å²) in [7, 11) is 0. The highest BCUT2D eigenvalue weighted by molar-refractivity contribution is 5.98. The number of halogens is 1. The number of nitrogens with zero attached hydrogens (tertiary/aromatic N) is 1. The number of pyridine rings is 1. The number of fused-ring (bicyclic) bond motifs is 1. The zero-order valence-electron chi connectivity index (χ0n) is 13.3. The van der Waals surface area contributed by atoms with Gasteiger partial charge in [-0.15, -0.1) is 0 Å². The van der Waals surface area contributed by atoms with Crippen LogP contribution in [0.5, 0.6) is 0 Å². The molecule has 0 spiro atoms. The number of aromatic nitrogens is 1. The van der Waals surface area contributed by atoms with Crippen LogP contribution in [0.25, 0.3) is 10.8 Å². The van der Waals surface area contributed by atoms with Gasteiger partial charge in [0.25, 0.3) is 0 Å². The van der Waals surface area contributed by atoms with Crippen LogP contribution in [0, 0.1) is 12.7 Å². The van der Waals surface area contributed by atoms with Crippen LogP contribution in [-0.4, -0.2) is 17.4 Å². The minimum atomic E-state index is -0.604. The molecule has 0 aliphatic carbocycles. The lowest BCUT2D eigenvalue weighted by atomic mass is 9.96. The van der Waals surface area contributed by atoms with E-state index in [2.05, 4.69) is 10.3 Å². The van der Waals surface area contributed by atoms with Crippen molar-refractivity contribution in [3.05, 3.63) is 71.8 Å². The Bertz CT molecular complexity index is 874. The highest BCUT2D eigenvalue weighted by atomic mass is 19.1. The van der Waals surface area contributed by atoms with Crippen molar-refractivity contribution in [1.82, 2.24) is 4.98 Å². The van der Waals surface area contributed by atoms with Crippen LogP contribution in [-0.2, 0) is 4.79 Å². The van der Waals surface area contributed by atoms with Gasteiger partial charge in [0.2, 0.25) is 5.91 Å². The van der Waals surface area contributed by atoms with Gasteiger partial charge in [-0.05, 0) is 53.8 Å². The molecule has 24 heavy (non-hydrogen) atoms. The van der Waals surface area contributed by atoms with E-state index in [1.165, 1.54) is 12.1 Å². The van der Waals surface area contributed by atoms with E-state index in [-0.39, 0.29) is 18.3 Å². The number of nitrogens with two attached hydrogens (primary N) is 1. The Balaban J connectivity index is 1.85. The molecule has 3 rings (SSSR count). The molecule has 0 aliphatic heterocycles. The van der Waals surface area contributed by atoms with Gasteiger partial charge in [0, 0.05) is 30.0 Å². The highest BCUT2D eigenvalue weighted by Gasteiger charge is 2.20. The van der Waals surface area contributed by atoms with Gasteiger partial charge in [0.1, 0.15) is 5.82 Å². The van der Waals surface area contributed by atoms with Crippen molar-refractivity contribution in [2.75, 3.05) is 11.9 Å². The smallest absolute Gasteiger partial charge is 0.233 e. The van der Waals surface area contributed by atoms with Crippen LogP contribution >= 0.6 is 0 Å². The van der Waals surface area contributed by atoms with Gasteiger partial charge in [0.15, 0.2) is 0 Å². The molecule has 1 unspecified atom stereocenters. The van der Waals surface area contributed by atoms with Crippen molar-refractivity contribution in [3.63, 3.8) is 0 Å². The van der Waals surface area contributed by atoms with E-state index in [9.17, 15) is 9.18 Å². The number of benzene rings is 2. The molecule has 0 aliphatic rings. The maximum absolute atomic E-state index is 13.6. The molecule has 1 heterocycles. The Kier molecular flexibility index (Phi) is 4.53. The normalized spacial score (nSPS) is 12.1.